The van der Waals surface area contributed by atoms with Gasteiger partial charge in [-0.15, -0.1) is 0 Å². The van der Waals surface area contributed by atoms with Crippen molar-refractivity contribution in [2.75, 3.05) is 42.6 Å². The van der Waals surface area contributed by atoms with Crippen LogP contribution in [0.4, 0.5) is 21.5 Å². The minimum absolute atomic E-state index is 0.144. The highest BCUT2D eigenvalue weighted by Gasteiger charge is 2.39. The van der Waals surface area contributed by atoms with Crippen LogP contribution in [0.15, 0.2) is 49.2 Å². The van der Waals surface area contributed by atoms with Crippen LogP contribution in [-0.4, -0.2) is 52.8 Å². The molecule has 0 unspecified atom stereocenters. The largest absolute Gasteiger partial charge is 0.378 e. The molecule has 0 aliphatic carbocycles. The average Bonchev–Trinajstić information content (AvgIpc) is 3.14. The molecule has 1 saturated heterocycles. The minimum atomic E-state index is -0.386. The summed E-state index contributed by atoms with van der Waals surface area (Å²) in [5, 5.41) is 1.01. The lowest BCUT2D eigenvalue weighted by Crippen LogP contribution is -2.36. The number of fused-ring (bicyclic) bond motifs is 2. The van der Waals surface area contributed by atoms with Crippen LogP contribution in [0.25, 0.3) is 22.2 Å². The van der Waals surface area contributed by atoms with E-state index in [4.69, 9.17) is 14.7 Å². The molecular weight excluding hydrogens is 443 g/mol. The first-order chi connectivity index (χ1) is 16.9. The second kappa shape index (κ2) is 8.23. The summed E-state index contributed by atoms with van der Waals surface area (Å²) in [6.07, 6.45) is 8.41. The number of halogens is 1. The molecule has 0 amide bonds. The van der Waals surface area contributed by atoms with Crippen molar-refractivity contribution in [1.82, 2.24) is 19.9 Å². The molecule has 0 aromatic carbocycles. The third kappa shape index (κ3) is 3.69. The summed E-state index contributed by atoms with van der Waals surface area (Å²) in [5.74, 6) is -0.386. The van der Waals surface area contributed by atoms with E-state index in [1.165, 1.54) is 12.3 Å². The number of rotatable bonds is 3. The highest BCUT2D eigenvalue weighted by Crippen LogP contribution is 2.48. The minimum Gasteiger partial charge on any atom is -0.378 e. The van der Waals surface area contributed by atoms with Crippen molar-refractivity contribution in [3.63, 3.8) is 0 Å². The maximum atomic E-state index is 14.1. The van der Waals surface area contributed by atoms with Crippen LogP contribution in [0.5, 0.6) is 0 Å². The molecule has 4 aromatic rings. The summed E-state index contributed by atoms with van der Waals surface area (Å²) in [6.45, 7) is 10.4. The Morgan fingerprint density at radius 2 is 1.86 bits per heavy atom. The molecule has 7 nitrogen and oxygen atoms in total. The predicted molar refractivity (Wildman–Crippen MR) is 135 cm³/mol. The maximum absolute atomic E-state index is 14.1. The molecule has 6 heterocycles. The predicted octanol–water partition coefficient (Wildman–Crippen LogP) is 4.80. The van der Waals surface area contributed by atoms with E-state index >= 15 is 0 Å². The fourth-order valence-electron chi connectivity index (χ4n) is 5.28. The highest BCUT2D eigenvalue weighted by molar-refractivity contribution is 5.99. The van der Waals surface area contributed by atoms with Gasteiger partial charge in [-0.2, -0.15) is 0 Å². The number of pyridine rings is 4. The lowest BCUT2D eigenvalue weighted by Gasteiger charge is -2.30. The number of morpholine rings is 1. The number of hydrogen-bond acceptors (Lipinski definition) is 7. The van der Waals surface area contributed by atoms with Gasteiger partial charge >= 0.3 is 0 Å². The van der Waals surface area contributed by atoms with Gasteiger partial charge < -0.3 is 14.5 Å². The molecule has 178 valence electrons. The molecule has 0 saturated carbocycles. The van der Waals surface area contributed by atoms with Crippen LogP contribution in [0.2, 0.25) is 0 Å². The Hall–Kier alpha value is -3.65. The second-order valence-electron chi connectivity index (χ2n) is 9.85. The van der Waals surface area contributed by atoms with Crippen molar-refractivity contribution < 1.29 is 9.13 Å². The van der Waals surface area contributed by atoms with E-state index in [2.05, 4.69) is 39.7 Å². The standard InChI is InChI=1S/C27H27FN6O/c1-17-24(18-10-19(28)13-30-12-18)32-22-15-29-5-4-21(22)25(17)34-16-27(2,3)26-23(34)11-20(14-31-26)33-6-8-35-9-7-33/h4-5,10-15H,6-9,16H2,1-3H3. The number of aromatic nitrogens is 4. The Morgan fingerprint density at radius 1 is 1.03 bits per heavy atom. The Balaban J connectivity index is 1.57. The smallest absolute Gasteiger partial charge is 0.142 e. The number of nitrogens with zero attached hydrogens (tertiary/aromatic N) is 6. The summed E-state index contributed by atoms with van der Waals surface area (Å²) in [6, 6.07) is 5.73. The van der Waals surface area contributed by atoms with Crippen molar-refractivity contribution in [2.45, 2.75) is 26.2 Å². The number of hydrogen-bond donors (Lipinski definition) is 0. The molecule has 8 heteroatoms. The van der Waals surface area contributed by atoms with Gasteiger partial charge in [0.25, 0.3) is 0 Å². The van der Waals surface area contributed by atoms with Gasteiger partial charge in [0.05, 0.1) is 65.8 Å². The molecule has 4 aromatic heterocycles. The topological polar surface area (TPSA) is 67.3 Å². The van der Waals surface area contributed by atoms with Crippen LogP contribution in [0, 0.1) is 12.7 Å². The van der Waals surface area contributed by atoms with Crippen molar-refractivity contribution in [1.29, 1.82) is 0 Å². The monoisotopic (exact) mass is 470 g/mol. The zero-order valence-corrected chi connectivity index (χ0v) is 20.1. The molecule has 0 bridgehead atoms. The van der Waals surface area contributed by atoms with Crippen LogP contribution >= 0.6 is 0 Å². The van der Waals surface area contributed by atoms with E-state index in [1.54, 1.807) is 18.6 Å². The van der Waals surface area contributed by atoms with Gasteiger partial charge in [0, 0.05) is 48.4 Å². The van der Waals surface area contributed by atoms with Crippen LogP contribution in [0.3, 0.4) is 0 Å². The van der Waals surface area contributed by atoms with E-state index in [0.29, 0.717) is 11.3 Å². The average molecular weight is 471 g/mol. The Morgan fingerprint density at radius 3 is 2.66 bits per heavy atom. The quantitative estimate of drug-likeness (QED) is 0.426. The first-order valence-corrected chi connectivity index (χ1v) is 11.9. The molecule has 35 heavy (non-hydrogen) atoms. The molecule has 0 radical (unpaired) electrons. The van der Waals surface area contributed by atoms with E-state index in [-0.39, 0.29) is 11.2 Å². The number of anilines is 3. The summed E-state index contributed by atoms with van der Waals surface area (Å²) in [4.78, 5) is 22.9. The molecule has 2 aliphatic rings. The van der Waals surface area contributed by atoms with Crippen LogP contribution < -0.4 is 9.80 Å². The van der Waals surface area contributed by atoms with E-state index in [0.717, 1.165) is 72.1 Å². The summed E-state index contributed by atoms with van der Waals surface area (Å²) in [7, 11) is 0. The highest BCUT2D eigenvalue weighted by atomic mass is 19.1. The molecule has 6 rings (SSSR count). The zero-order chi connectivity index (χ0) is 24.2. The lowest BCUT2D eigenvalue weighted by molar-refractivity contribution is 0.122. The van der Waals surface area contributed by atoms with Crippen molar-refractivity contribution in [2.24, 2.45) is 0 Å². The van der Waals surface area contributed by atoms with Crippen LogP contribution in [0.1, 0.15) is 25.1 Å². The van der Waals surface area contributed by atoms with E-state index in [1.807, 2.05) is 19.2 Å². The second-order valence-corrected chi connectivity index (χ2v) is 9.85. The molecule has 0 atom stereocenters. The van der Waals surface area contributed by atoms with Crippen LogP contribution in [-0.2, 0) is 10.2 Å². The fraction of sp³-hybridized carbons (Fsp3) is 0.333. The Labute approximate surface area is 203 Å². The van der Waals surface area contributed by atoms with Crippen molar-refractivity contribution in [3.8, 4) is 11.3 Å². The van der Waals surface area contributed by atoms with Gasteiger partial charge in [-0.3, -0.25) is 15.0 Å². The maximum Gasteiger partial charge on any atom is 0.142 e. The normalized spacial score (nSPS) is 17.1. The summed E-state index contributed by atoms with van der Waals surface area (Å²) in [5.41, 5.74) is 7.24. The Kier molecular flexibility index (Phi) is 5.14. The molecule has 0 N–H and O–H groups in total. The molecular formula is C27H27FN6O. The van der Waals surface area contributed by atoms with E-state index < -0.39 is 0 Å². The van der Waals surface area contributed by atoms with Gasteiger partial charge in [-0.05, 0) is 30.7 Å². The molecule has 2 aliphatic heterocycles. The summed E-state index contributed by atoms with van der Waals surface area (Å²) < 4.78 is 19.6. The van der Waals surface area contributed by atoms with E-state index in [9.17, 15) is 4.39 Å². The first kappa shape index (κ1) is 21.9. The third-order valence-corrected chi connectivity index (χ3v) is 6.96. The van der Waals surface area contributed by atoms with Gasteiger partial charge in [0.2, 0.25) is 0 Å². The number of ether oxygens (including phenoxy) is 1. The zero-order valence-electron chi connectivity index (χ0n) is 20.1. The summed E-state index contributed by atoms with van der Waals surface area (Å²) >= 11 is 0. The molecule has 1 fully saturated rings. The first-order valence-electron chi connectivity index (χ1n) is 11.9. The van der Waals surface area contributed by atoms with Crippen molar-refractivity contribution in [3.05, 3.63) is 66.3 Å². The van der Waals surface area contributed by atoms with Gasteiger partial charge in [-0.1, -0.05) is 13.8 Å². The Bertz CT molecular complexity index is 1430. The SMILES string of the molecule is Cc1c(-c2cncc(F)c2)nc2cnccc2c1N1CC(C)(C)c2ncc(N3CCOCC3)cc21. The lowest BCUT2D eigenvalue weighted by atomic mass is 9.91. The van der Waals surface area contributed by atoms with Gasteiger partial charge in [0.15, 0.2) is 0 Å². The van der Waals surface area contributed by atoms with Gasteiger partial charge in [-0.25, -0.2) is 9.37 Å². The van der Waals surface area contributed by atoms with Gasteiger partial charge in [0.1, 0.15) is 5.82 Å². The third-order valence-electron chi connectivity index (χ3n) is 6.96. The van der Waals surface area contributed by atoms with Crippen molar-refractivity contribution >= 4 is 28.0 Å². The fourth-order valence-corrected chi connectivity index (χ4v) is 5.28. The molecule has 0 spiro atoms.